The Labute approximate surface area is 95.5 Å². The highest BCUT2D eigenvalue weighted by molar-refractivity contribution is 5.23. The van der Waals surface area contributed by atoms with Crippen LogP contribution in [-0.2, 0) is 0 Å². The van der Waals surface area contributed by atoms with Gasteiger partial charge in [0.15, 0.2) is 0 Å². The minimum Gasteiger partial charge on any atom is -0.120 e. The van der Waals surface area contributed by atoms with Gasteiger partial charge >= 0.3 is 0 Å². The van der Waals surface area contributed by atoms with E-state index in [2.05, 4.69) is 45.8 Å². The number of hydrogen-bond acceptors (Lipinski definition) is 0. The Hall–Kier alpha value is -0.960. The molecule has 15 heavy (non-hydrogen) atoms. The van der Waals surface area contributed by atoms with E-state index < -0.39 is 0 Å². The molecule has 0 N–H and O–H groups in total. The van der Waals surface area contributed by atoms with Gasteiger partial charge in [-0.15, -0.1) is 12.3 Å². The minimum atomic E-state index is 0.760. The average molecular weight is 204 g/mol. The Morgan fingerprint density at radius 3 is 2.33 bits per heavy atom. The molecule has 0 nitrogen and oxygen atoms in total. The third-order valence-corrected chi connectivity index (χ3v) is 2.78. The summed E-state index contributed by atoms with van der Waals surface area (Å²) in [6.45, 7) is 8.77. The van der Waals surface area contributed by atoms with E-state index in [4.69, 9.17) is 6.42 Å². The van der Waals surface area contributed by atoms with E-state index >= 15 is 0 Å². The summed E-state index contributed by atoms with van der Waals surface area (Å²) in [4.78, 5) is 0. The molecule has 0 saturated heterocycles. The van der Waals surface area contributed by atoms with Crippen LogP contribution in [0, 0.1) is 18.3 Å². The van der Waals surface area contributed by atoms with Crippen LogP contribution in [0.25, 0.3) is 0 Å². The topological polar surface area (TPSA) is 0 Å². The van der Waals surface area contributed by atoms with Gasteiger partial charge in [-0.3, -0.25) is 0 Å². The van der Waals surface area contributed by atoms with Crippen LogP contribution < -0.4 is 0 Å². The van der Waals surface area contributed by atoms with Crippen molar-refractivity contribution < 1.29 is 0 Å². The lowest BCUT2D eigenvalue weighted by molar-refractivity contribution is 0.499. The van der Waals surface area contributed by atoms with Crippen LogP contribution in [0.15, 0.2) is 23.3 Å². The maximum absolute atomic E-state index is 5.26. The predicted molar refractivity (Wildman–Crippen MR) is 69.7 cm³/mol. The molecular weight excluding hydrogens is 180 g/mol. The molecule has 0 saturated carbocycles. The Balaban J connectivity index is 4.20. The molecule has 0 heteroatoms. The summed E-state index contributed by atoms with van der Waals surface area (Å²) in [5.74, 6) is 3.50. The molecule has 0 fully saturated rings. The smallest absolute Gasteiger partial charge is 0.0297 e. The number of allylic oxidation sites excluding steroid dienone is 4. The van der Waals surface area contributed by atoms with Gasteiger partial charge in [-0.2, -0.15) is 0 Å². The molecule has 0 aliphatic carbocycles. The lowest BCUT2D eigenvalue weighted by Gasteiger charge is -2.08. The van der Waals surface area contributed by atoms with E-state index in [1.54, 1.807) is 0 Å². The van der Waals surface area contributed by atoms with Crippen LogP contribution in [0.3, 0.4) is 0 Å². The van der Waals surface area contributed by atoms with Gasteiger partial charge in [-0.05, 0) is 26.2 Å². The number of rotatable bonds is 6. The highest BCUT2D eigenvalue weighted by Crippen LogP contribution is 2.15. The van der Waals surface area contributed by atoms with Gasteiger partial charge in [0.1, 0.15) is 0 Å². The van der Waals surface area contributed by atoms with Crippen molar-refractivity contribution in [2.45, 2.75) is 53.4 Å². The summed E-state index contributed by atoms with van der Waals surface area (Å²) in [6, 6.07) is 0. The zero-order valence-corrected chi connectivity index (χ0v) is 10.6. The van der Waals surface area contributed by atoms with Gasteiger partial charge < -0.3 is 0 Å². The fraction of sp³-hybridized carbons (Fsp3) is 0.600. The first kappa shape index (κ1) is 14.0. The molecule has 0 aliphatic heterocycles. The van der Waals surface area contributed by atoms with Gasteiger partial charge in [0.25, 0.3) is 0 Å². The van der Waals surface area contributed by atoms with Crippen LogP contribution in [0.2, 0.25) is 0 Å². The summed E-state index contributed by atoms with van der Waals surface area (Å²) in [5.41, 5.74) is 2.62. The van der Waals surface area contributed by atoms with Crippen LogP contribution >= 0.6 is 0 Å². The molecular formula is C15H24. The second-order valence-electron chi connectivity index (χ2n) is 4.24. The van der Waals surface area contributed by atoms with Gasteiger partial charge in [0.05, 0.1) is 0 Å². The Bertz CT molecular complexity index is 256. The zero-order valence-electron chi connectivity index (χ0n) is 10.6. The fourth-order valence-corrected chi connectivity index (χ4v) is 1.63. The van der Waals surface area contributed by atoms with E-state index in [9.17, 15) is 0 Å². The molecule has 0 aromatic carbocycles. The van der Waals surface area contributed by atoms with Crippen molar-refractivity contribution in [3.8, 4) is 12.3 Å². The van der Waals surface area contributed by atoms with Crippen molar-refractivity contribution in [3.63, 3.8) is 0 Å². The molecule has 0 atom stereocenters. The standard InChI is InChI=1S/C15H24/c1-6-9-13(4)12-14(5)10-11-15(7-2)8-3/h1,10,12,15H,7-9,11H2,2-5H3/b13-12-,14-10-. The molecule has 0 aromatic heterocycles. The van der Waals surface area contributed by atoms with Crippen molar-refractivity contribution in [1.29, 1.82) is 0 Å². The maximum atomic E-state index is 5.26. The third-order valence-electron chi connectivity index (χ3n) is 2.78. The van der Waals surface area contributed by atoms with Gasteiger partial charge in [0, 0.05) is 6.42 Å². The van der Waals surface area contributed by atoms with Crippen LogP contribution in [0.5, 0.6) is 0 Å². The van der Waals surface area contributed by atoms with E-state index in [1.165, 1.54) is 30.4 Å². The summed E-state index contributed by atoms with van der Waals surface area (Å²) in [5, 5.41) is 0. The summed E-state index contributed by atoms with van der Waals surface area (Å²) in [6.07, 6.45) is 14.3. The summed E-state index contributed by atoms with van der Waals surface area (Å²) < 4.78 is 0. The molecule has 0 bridgehead atoms. The lowest BCUT2D eigenvalue weighted by Crippen LogP contribution is -1.94. The Morgan fingerprint density at radius 1 is 1.27 bits per heavy atom. The van der Waals surface area contributed by atoms with E-state index in [-0.39, 0.29) is 0 Å². The number of hydrogen-bond donors (Lipinski definition) is 0. The lowest BCUT2D eigenvalue weighted by atomic mass is 9.98. The Kier molecular flexibility index (Phi) is 7.82. The van der Waals surface area contributed by atoms with E-state index in [0.717, 1.165) is 12.3 Å². The number of terminal acetylenes is 1. The molecule has 0 aliphatic rings. The second kappa shape index (κ2) is 8.36. The average Bonchev–Trinajstić information content (AvgIpc) is 2.19. The highest BCUT2D eigenvalue weighted by atomic mass is 14.1. The molecule has 84 valence electrons. The minimum absolute atomic E-state index is 0.760. The van der Waals surface area contributed by atoms with Gasteiger partial charge in [-0.25, -0.2) is 0 Å². The van der Waals surface area contributed by atoms with E-state index in [0.29, 0.717) is 0 Å². The van der Waals surface area contributed by atoms with Crippen molar-refractivity contribution in [2.75, 3.05) is 0 Å². The van der Waals surface area contributed by atoms with Gasteiger partial charge in [-0.1, -0.05) is 50.0 Å². The quantitative estimate of drug-likeness (QED) is 0.433. The van der Waals surface area contributed by atoms with E-state index in [1.807, 2.05) is 0 Å². The third kappa shape index (κ3) is 7.03. The first-order valence-corrected chi connectivity index (χ1v) is 5.91. The van der Waals surface area contributed by atoms with Crippen LogP contribution in [0.4, 0.5) is 0 Å². The normalized spacial score (nSPS) is 13.1. The monoisotopic (exact) mass is 204 g/mol. The highest BCUT2D eigenvalue weighted by Gasteiger charge is 2.00. The molecule has 0 spiro atoms. The van der Waals surface area contributed by atoms with Crippen molar-refractivity contribution in [2.24, 2.45) is 5.92 Å². The molecule has 0 radical (unpaired) electrons. The van der Waals surface area contributed by atoms with Crippen molar-refractivity contribution in [3.05, 3.63) is 23.3 Å². The fourth-order valence-electron chi connectivity index (χ4n) is 1.63. The summed E-state index contributed by atoms with van der Waals surface area (Å²) in [7, 11) is 0. The predicted octanol–water partition coefficient (Wildman–Crippen LogP) is 4.73. The maximum Gasteiger partial charge on any atom is 0.0297 e. The van der Waals surface area contributed by atoms with Crippen LogP contribution in [0.1, 0.15) is 53.4 Å². The Morgan fingerprint density at radius 2 is 1.87 bits per heavy atom. The first-order valence-electron chi connectivity index (χ1n) is 5.91. The first-order chi connectivity index (χ1) is 7.13. The SMILES string of the molecule is C#CC/C(C)=C\C(C)=C/CC(CC)CC. The van der Waals surface area contributed by atoms with Crippen molar-refractivity contribution >= 4 is 0 Å². The molecule has 0 rings (SSSR count). The van der Waals surface area contributed by atoms with Gasteiger partial charge in [0.2, 0.25) is 0 Å². The molecule has 0 heterocycles. The molecule has 0 amide bonds. The van der Waals surface area contributed by atoms with Crippen molar-refractivity contribution in [1.82, 2.24) is 0 Å². The molecule has 0 unspecified atom stereocenters. The zero-order chi connectivity index (χ0) is 11.7. The van der Waals surface area contributed by atoms with Crippen LogP contribution in [-0.4, -0.2) is 0 Å². The second-order valence-corrected chi connectivity index (χ2v) is 4.24. The molecule has 0 aromatic rings. The largest absolute Gasteiger partial charge is 0.120 e. The summed E-state index contributed by atoms with van der Waals surface area (Å²) >= 11 is 0.